The second-order valence-electron chi connectivity index (χ2n) is 4.27. The molecule has 0 fully saturated rings. The predicted molar refractivity (Wildman–Crippen MR) is 62.7 cm³/mol. The first kappa shape index (κ1) is 18.5. The second kappa shape index (κ2) is 5.89. The molecule has 0 aliphatic rings. The Kier molecular flexibility index (Phi) is 4.73. The quantitative estimate of drug-likeness (QED) is 0.838. The van der Waals surface area contributed by atoms with Crippen molar-refractivity contribution in [3.05, 3.63) is 29.3 Å². The largest absolute Gasteiger partial charge is 0.478 e. The number of carboxylic acid groups (broad SMARTS) is 1. The summed E-state index contributed by atoms with van der Waals surface area (Å²) in [4.78, 5) is 32.2. The Morgan fingerprint density at radius 3 is 1.74 bits per heavy atom. The molecule has 0 saturated carbocycles. The van der Waals surface area contributed by atoms with E-state index in [4.69, 9.17) is 5.11 Å². The zero-order valence-corrected chi connectivity index (χ0v) is 11.1. The lowest BCUT2D eigenvalue weighted by atomic mass is 10.1. The third kappa shape index (κ3) is 3.99. The summed E-state index contributed by atoms with van der Waals surface area (Å²) in [5.74, 6) is -8.20. The standard InChI is InChI=1S/C12H7F6NO4/c1-5-2-3-7(6(4-5)8(20)21)19(9(22)11(13,14)15)10(23)12(16,17)18/h2-4H,1H3,(H,20,21). The maximum Gasteiger partial charge on any atom is 0.472 e. The van der Waals surface area contributed by atoms with Gasteiger partial charge in [0.05, 0.1) is 11.3 Å². The van der Waals surface area contributed by atoms with Crippen molar-refractivity contribution < 1.29 is 45.8 Å². The van der Waals surface area contributed by atoms with Crippen molar-refractivity contribution >= 4 is 23.5 Å². The first-order chi connectivity index (χ1) is 10.3. The van der Waals surface area contributed by atoms with Gasteiger partial charge in [-0.15, -0.1) is 0 Å². The summed E-state index contributed by atoms with van der Waals surface area (Å²) in [6.45, 7) is 1.32. The number of imide groups is 1. The van der Waals surface area contributed by atoms with E-state index in [1.165, 1.54) is 6.92 Å². The molecule has 1 aromatic carbocycles. The molecule has 0 aliphatic heterocycles. The van der Waals surface area contributed by atoms with Crippen LogP contribution in [0.25, 0.3) is 0 Å². The van der Waals surface area contributed by atoms with Gasteiger partial charge in [0.25, 0.3) is 0 Å². The average molecular weight is 343 g/mol. The normalized spacial score (nSPS) is 12.0. The molecule has 0 saturated heterocycles. The summed E-state index contributed by atoms with van der Waals surface area (Å²) in [5.41, 5.74) is -2.20. The van der Waals surface area contributed by atoms with E-state index < -0.39 is 46.3 Å². The van der Waals surface area contributed by atoms with Crippen molar-refractivity contribution in [3.63, 3.8) is 0 Å². The molecule has 0 bridgehead atoms. The SMILES string of the molecule is Cc1ccc(N(C(=O)C(F)(F)F)C(=O)C(F)(F)F)c(C(=O)O)c1. The first-order valence-corrected chi connectivity index (χ1v) is 5.63. The Labute approximate surface area is 124 Å². The molecule has 126 valence electrons. The van der Waals surface area contributed by atoms with E-state index in [-0.39, 0.29) is 5.56 Å². The van der Waals surface area contributed by atoms with Crippen LogP contribution in [0.3, 0.4) is 0 Å². The van der Waals surface area contributed by atoms with E-state index in [2.05, 4.69) is 0 Å². The Hall–Kier alpha value is -2.59. The van der Waals surface area contributed by atoms with Gasteiger partial charge in [0.1, 0.15) is 0 Å². The van der Waals surface area contributed by atoms with Crippen LogP contribution in [0.4, 0.5) is 32.0 Å². The molecule has 1 N–H and O–H groups in total. The highest BCUT2D eigenvalue weighted by Gasteiger charge is 2.53. The number of carbonyl (C=O) groups is 3. The topological polar surface area (TPSA) is 74.7 Å². The summed E-state index contributed by atoms with van der Waals surface area (Å²) < 4.78 is 74.9. The Morgan fingerprint density at radius 1 is 0.957 bits per heavy atom. The van der Waals surface area contributed by atoms with Crippen LogP contribution in [0, 0.1) is 6.92 Å². The lowest BCUT2D eigenvalue weighted by molar-refractivity contribution is -0.181. The molecular formula is C12H7F6NO4. The highest BCUT2D eigenvalue weighted by molar-refractivity contribution is 6.20. The van der Waals surface area contributed by atoms with Gasteiger partial charge >= 0.3 is 30.1 Å². The number of benzene rings is 1. The number of alkyl halides is 6. The van der Waals surface area contributed by atoms with Gasteiger partial charge in [-0.2, -0.15) is 26.3 Å². The monoisotopic (exact) mass is 343 g/mol. The smallest absolute Gasteiger partial charge is 0.472 e. The van der Waals surface area contributed by atoms with Crippen LogP contribution in [-0.2, 0) is 9.59 Å². The third-order valence-corrected chi connectivity index (χ3v) is 2.51. The van der Waals surface area contributed by atoms with E-state index in [0.717, 1.165) is 12.1 Å². The van der Waals surface area contributed by atoms with Gasteiger partial charge < -0.3 is 5.11 Å². The van der Waals surface area contributed by atoms with Gasteiger partial charge in [-0.1, -0.05) is 11.6 Å². The fourth-order valence-corrected chi connectivity index (χ4v) is 1.58. The number of aromatic carboxylic acids is 1. The summed E-state index contributed by atoms with van der Waals surface area (Å²) in [5, 5.41) is 8.90. The highest BCUT2D eigenvalue weighted by Crippen LogP contribution is 2.31. The number of amides is 2. The summed E-state index contributed by atoms with van der Waals surface area (Å²) in [6, 6.07) is 2.21. The van der Waals surface area contributed by atoms with E-state index >= 15 is 0 Å². The molecule has 0 unspecified atom stereocenters. The zero-order chi connectivity index (χ0) is 18.2. The molecule has 23 heavy (non-hydrogen) atoms. The number of rotatable bonds is 2. The van der Waals surface area contributed by atoms with Crippen molar-refractivity contribution in [2.75, 3.05) is 4.90 Å². The maximum absolute atomic E-state index is 12.5. The van der Waals surface area contributed by atoms with Crippen LogP contribution in [0.15, 0.2) is 18.2 Å². The van der Waals surface area contributed by atoms with Crippen molar-refractivity contribution in [2.45, 2.75) is 19.3 Å². The van der Waals surface area contributed by atoms with E-state index in [0.29, 0.717) is 6.07 Å². The van der Waals surface area contributed by atoms with Crippen molar-refractivity contribution in [3.8, 4) is 0 Å². The van der Waals surface area contributed by atoms with Crippen LogP contribution in [0.2, 0.25) is 0 Å². The van der Waals surface area contributed by atoms with Crippen LogP contribution in [0.5, 0.6) is 0 Å². The number of nitrogens with zero attached hydrogens (tertiary/aromatic N) is 1. The van der Waals surface area contributed by atoms with Gasteiger partial charge in [0, 0.05) is 0 Å². The minimum Gasteiger partial charge on any atom is -0.478 e. The molecule has 11 heteroatoms. The molecule has 0 aromatic heterocycles. The Balaban J connectivity index is 3.63. The molecular weight excluding hydrogens is 336 g/mol. The van der Waals surface area contributed by atoms with E-state index in [1.54, 1.807) is 0 Å². The minimum atomic E-state index is -5.82. The number of halogens is 6. The molecule has 2 amide bonds. The molecule has 0 spiro atoms. The van der Waals surface area contributed by atoms with Gasteiger partial charge in [-0.25, -0.2) is 9.69 Å². The number of carbonyl (C=O) groups excluding carboxylic acids is 2. The van der Waals surface area contributed by atoms with Gasteiger partial charge in [0.15, 0.2) is 0 Å². The maximum atomic E-state index is 12.5. The number of aryl methyl sites for hydroxylation is 1. The fraction of sp³-hybridized carbons (Fsp3) is 0.250. The van der Waals surface area contributed by atoms with Crippen LogP contribution in [-0.4, -0.2) is 35.2 Å². The molecule has 0 radical (unpaired) electrons. The summed E-state index contributed by atoms with van der Waals surface area (Å²) >= 11 is 0. The lowest BCUT2D eigenvalue weighted by Crippen LogP contribution is -2.50. The molecule has 0 atom stereocenters. The number of hydrogen-bond donors (Lipinski definition) is 1. The molecule has 0 aliphatic carbocycles. The summed E-state index contributed by atoms with van der Waals surface area (Å²) in [6.07, 6.45) is -11.6. The van der Waals surface area contributed by atoms with Crippen molar-refractivity contribution in [1.29, 1.82) is 0 Å². The van der Waals surface area contributed by atoms with Gasteiger partial charge in [-0.05, 0) is 19.1 Å². The minimum absolute atomic E-state index is 0.185. The van der Waals surface area contributed by atoms with E-state index in [1.807, 2.05) is 0 Å². The highest BCUT2D eigenvalue weighted by atomic mass is 19.4. The summed E-state index contributed by atoms with van der Waals surface area (Å²) in [7, 11) is 0. The third-order valence-electron chi connectivity index (χ3n) is 2.51. The molecule has 1 rings (SSSR count). The average Bonchev–Trinajstić information content (AvgIpc) is 2.37. The Bertz CT molecular complexity index is 638. The van der Waals surface area contributed by atoms with Crippen LogP contribution >= 0.6 is 0 Å². The van der Waals surface area contributed by atoms with Crippen molar-refractivity contribution in [1.82, 2.24) is 0 Å². The number of anilines is 1. The van der Waals surface area contributed by atoms with Gasteiger partial charge in [0.2, 0.25) is 0 Å². The van der Waals surface area contributed by atoms with Crippen molar-refractivity contribution in [2.24, 2.45) is 0 Å². The lowest BCUT2D eigenvalue weighted by Gasteiger charge is -2.24. The molecule has 0 heterocycles. The zero-order valence-electron chi connectivity index (χ0n) is 11.1. The fourth-order valence-electron chi connectivity index (χ4n) is 1.58. The van der Waals surface area contributed by atoms with Crippen LogP contribution < -0.4 is 4.90 Å². The first-order valence-electron chi connectivity index (χ1n) is 5.63. The number of carboxylic acids is 1. The molecule has 5 nitrogen and oxygen atoms in total. The molecule has 1 aromatic rings. The number of hydrogen-bond acceptors (Lipinski definition) is 3. The Morgan fingerprint density at radius 2 is 1.39 bits per heavy atom. The van der Waals surface area contributed by atoms with Gasteiger partial charge in [-0.3, -0.25) is 9.59 Å². The predicted octanol–water partition coefficient (Wildman–Crippen LogP) is 2.68. The van der Waals surface area contributed by atoms with E-state index in [9.17, 15) is 40.7 Å². The van der Waals surface area contributed by atoms with Crippen LogP contribution in [0.1, 0.15) is 15.9 Å². The second-order valence-corrected chi connectivity index (χ2v) is 4.27.